The van der Waals surface area contributed by atoms with Crippen LogP contribution in [0.2, 0.25) is 0 Å². The summed E-state index contributed by atoms with van der Waals surface area (Å²) in [6.45, 7) is 2.14. The molecule has 19 heteroatoms. The third-order valence-corrected chi connectivity index (χ3v) is 3.57. The Morgan fingerprint density at radius 1 is 0.571 bits per heavy atom. The molecule has 28 heavy (non-hydrogen) atoms. The van der Waals surface area contributed by atoms with E-state index in [4.69, 9.17) is 0 Å². The van der Waals surface area contributed by atoms with Crippen molar-refractivity contribution < 1.29 is 78.5 Å². The Balaban J connectivity index is 6.59. The van der Waals surface area contributed by atoms with Crippen molar-refractivity contribution in [2.24, 2.45) is 0 Å². The van der Waals surface area contributed by atoms with E-state index in [-0.39, 0.29) is 0 Å². The van der Waals surface area contributed by atoms with Crippen LogP contribution in [-0.4, -0.2) is 50.3 Å². The molecule has 0 saturated carbocycles. The van der Waals surface area contributed by atoms with Crippen molar-refractivity contribution in [3.05, 3.63) is 12.0 Å². The maximum absolute atomic E-state index is 13.1. The van der Waals surface area contributed by atoms with Gasteiger partial charge in [-0.3, -0.25) is 0 Å². The highest BCUT2D eigenvalue weighted by molar-refractivity contribution is 7.89. The lowest BCUT2D eigenvalue weighted by molar-refractivity contribution is -0.464. The Hall–Kier alpha value is -1.40. The van der Waals surface area contributed by atoms with Crippen LogP contribution in [0.4, 0.5) is 65.9 Å². The van der Waals surface area contributed by atoms with Gasteiger partial charge in [0.25, 0.3) is 10.1 Å². The highest BCUT2D eigenvalue weighted by Gasteiger charge is 2.94. The fraction of sp³-hybridized carbons (Fsp3) is 0.778. The Morgan fingerprint density at radius 2 is 0.857 bits per heavy atom. The van der Waals surface area contributed by atoms with Crippen LogP contribution in [0, 0.1) is 0 Å². The largest absolute Gasteiger partial charge is 0.460 e. The molecule has 0 rings (SSSR count). The van der Waals surface area contributed by atoms with Crippen LogP contribution in [-0.2, 0) is 14.3 Å². The van der Waals surface area contributed by atoms with Crippen molar-refractivity contribution in [2.45, 2.75) is 41.9 Å². The monoisotopic (exact) mass is 476 g/mol. The van der Waals surface area contributed by atoms with E-state index in [0.717, 1.165) is 0 Å². The predicted molar refractivity (Wildman–Crippen MR) is 55.9 cm³/mol. The average Bonchev–Trinajstić information content (AvgIpc) is 2.43. The molecule has 0 aromatic rings. The minimum atomic E-state index is -8.52. The Labute approximate surface area is 143 Å². The molecule has 0 N–H and O–H groups in total. The maximum Gasteiger partial charge on any atom is 0.460 e. The van der Waals surface area contributed by atoms with E-state index in [1.54, 1.807) is 0 Å². The second-order valence-electron chi connectivity index (χ2n) is 4.63. The third-order valence-electron chi connectivity index (χ3n) is 2.72. The summed E-state index contributed by atoms with van der Waals surface area (Å²) in [4.78, 5) is 0. The molecule has 0 amide bonds. The van der Waals surface area contributed by atoms with E-state index in [2.05, 4.69) is 10.8 Å². The summed E-state index contributed by atoms with van der Waals surface area (Å²) in [5, 5.41) is -0.778. The topological polar surface area (TPSA) is 43.4 Å². The molecular formula is C9H3F15O3S. The van der Waals surface area contributed by atoms with Gasteiger partial charge in [0.2, 0.25) is 0 Å². The predicted octanol–water partition coefficient (Wildman–Crippen LogP) is 4.81. The zero-order valence-corrected chi connectivity index (χ0v) is 12.9. The Morgan fingerprint density at radius 3 is 1.14 bits per heavy atom. The second-order valence-corrected chi connectivity index (χ2v) is 6.11. The molecule has 0 atom stereocenters. The summed E-state index contributed by atoms with van der Waals surface area (Å²) < 4.78 is 214. The van der Waals surface area contributed by atoms with E-state index in [1.165, 1.54) is 0 Å². The van der Waals surface area contributed by atoms with Crippen LogP contribution in [0.3, 0.4) is 0 Å². The van der Waals surface area contributed by atoms with E-state index in [9.17, 15) is 74.3 Å². The molecule has 168 valence electrons. The molecule has 0 saturated heterocycles. The summed E-state index contributed by atoms with van der Waals surface area (Å²) in [6, 6.07) is 0. The van der Waals surface area contributed by atoms with Crippen molar-refractivity contribution >= 4 is 10.1 Å². The van der Waals surface area contributed by atoms with Gasteiger partial charge in [-0.15, -0.1) is 0 Å². The Bertz CT molecular complexity index is 705. The molecular weight excluding hydrogens is 473 g/mol. The summed E-state index contributed by atoms with van der Waals surface area (Å²) in [7, 11) is -6.11. The van der Waals surface area contributed by atoms with E-state index in [0.29, 0.717) is 0 Å². The van der Waals surface area contributed by atoms with Crippen LogP contribution in [0.25, 0.3) is 0 Å². The molecule has 3 nitrogen and oxygen atoms in total. The van der Waals surface area contributed by atoms with Crippen molar-refractivity contribution in [1.29, 1.82) is 0 Å². The first-order valence-electron chi connectivity index (χ1n) is 5.68. The minimum absolute atomic E-state index is 0.778. The van der Waals surface area contributed by atoms with E-state index in [1.807, 2.05) is 0 Å². The van der Waals surface area contributed by atoms with Crippen LogP contribution >= 0.6 is 0 Å². The van der Waals surface area contributed by atoms with Crippen molar-refractivity contribution in [1.82, 2.24) is 0 Å². The lowest BCUT2D eigenvalue weighted by atomic mass is 9.93. The first kappa shape index (κ1) is 26.6. The fourth-order valence-electron chi connectivity index (χ4n) is 1.18. The smallest absolute Gasteiger partial charge is 0.194 e. The normalized spacial score (nSPS) is 16.2. The van der Waals surface area contributed by atoms with Gasteiger partial charge >= 0.3 is 41.9 Å². The van der Waals surface area contributed by atoms with Gasteiger partial charge in [-0.1, -0.05) is 6.58 Å². The highest BCUT2D eigenvalue weighted by Crippen LogP contribution is 2.62. The second kappa shape index (κ2) is 6.56. The molecule has 0 heterocycles. The summed E-state index contributed by atoms with van der Waals surface area (Å²) in [5.74, 6) is -41.5. The third kappa shape index (κ3) is 3.61. The van der Waals surface area contributed by atoms with E-state index >= 15 is 0 Å². The fourth-order valence-corrected chi connectivity index (χ4v) is 1.65. The lowest BCUT2D eigenvalue weighted by Gasteiger charge is -2.40. The van der Waals surface area contributed by atoms with Gasteiger partial charge in [0, 0.05) is 0 Å². The van der Waals surface area contributed by atoms with Crippen LogP contribution in [0.5, 0.6) is 0 Å². The van der Waals surface area contributed by atoms with Crippen LogP contribution < -0.4 is 0 Å². The first-order valence-corrected chi connectivity index (χ1v) is 7.15. The van der Waals surface area contributed by atoms with Gasteiger partial charge in [0.1, 0.15) is 0 Å². The number of halogens is 15. The average molecular weight is 476 g/mol. The number of rotatable bonds is 8. The molecule has 0 radical (unpaired) electrons. The molecule has 0 unspecified atom stereocenters. The number of alkyl halides is 15. The molecule has 0 spiro atoms. The van der Waals surface area contributed by atoms with Crippen LogP contribution in [0.1, 0.15) is 0 Å². The molecule has 0 aliphatic carbocycles. The first-order chi connectivity index (χ1) is 11.8. The Kier molecular flexibility index (Phi) is 6.23. The molecule has 0 aromatic carbocycles. The minimum Gasteiger partial charge on any atom is -0.194 e. The molecule has 0 aliphatic rings. The van der Waals surface area contributed by atoms with Gasteiger partial charge in [0.15, 0.2) is 0 Å². The molecule has 0 aromatic heterocycles. The van der Waals surface area contributed by atoms with Crippen molar-refractivity contribution in [3.8, 4) is 0 Å². The van der Waals surface area contributed by atoms with Gasteiger partial charge in [-0.25, -0.2) is 0 Å². The standard InChI is InChI=1S/C9H3F15O3S/c1-2-28(25,26)27-9(23,24)7(18,19)5(14,15)3(10,11)4(12,13)6(16,17)8(20,21)22/h2H,1H2. The molecule has 0 aliphatic heterocycles. The van der Waals surface area contributed by atoms with Gasteiger partial charge in [-0.05, 0) is 0 Å². The van der Waals surface area contributed by atoms with Crippen molar-refractivity contribution in [3.63, 3.8) is 0 Å². The number of hydrogen-bond acceptors (Lipinski definition) is 3. The number of hydrogen-bond donors (Lipinski definition) is 0. The quantitative estimate of drug-likeness (QED) is 0.373. The highest BCUT2D eigenvalue weighted by atomic mass is 32.2. The van der Waals surface area contributed by atoms with Crippen molar-refractivity contribution in [2.75, 3.05) is 0 Å². The SMILES string of the molecule is C=CS(=O)(=O)OC(F)(F)C(F)(F)C(F)(F)C(F)(F)C(F)(F)C(F)(F)C(F)(F)F. The molecule has 0 bridgehead atoms. The van der Waals surface area contributed by atoms with Gasteiger partial charge in [-0.2, -0.15) is 78.5 Å². The molecule has 0 fully saturated rings. The lowest BCUT2D eigenvalue weighted by Crippen LogP contribution is -2.72. The summed E-state index contributed by atoms with van der Waals surface area (Å²) in [6.07, 6.45) is -15.1. The van der Waals surface area contributed by atoms with Crippen LogP contribution in [0.15, 0.2) is 12.0 Å². The zero-order valence-electron chi connectivity index (χ0n) is 12.1. The zero-order chi connectivity index (χ0) is 23.4. The summed E-state index contributed by atoms with van der Waals surface area (Å²) >= 11 is 0. The van der Waals surface area contributed by atoms with E-state index < -0.39 is 57.4 Å². The van der Waals surface area contributed by atoms with Gasteiger partial charge in [0.05, 0.1) is 5.41 Å². The summed E-state index contributed by atoms with van der Waals surface area (Å²) in [5.41, 5.74) is 0. The maximum atomic E-state index is 13.1. The van der Waals surface area contributed by atoms with Gasteiger partial charge < -0.3 is 0 Å².